The summed E-state index contributed by atoms with van der Waals surface area (Å²) in [7, 11) is -1.44. The Morgan fingerprint density at radius 3 is 2.73 bits per heavy atom. The van der Waals surface area contributed by atoms with Crippen molar-refractivity contribution in [2.45, 2.75) is 18.8 Å². The fourth-order valence-corrected chi connectivity index (χ4v) is 1.70. The first-order valence-corrected chi connectivity index (χ1v) is 4.96. The molecule has 6 heteroatoms. The number of hydrogen-bond donors (Lipinski definition) is 2. The lowest BCUT2D eigenvalue weighted by Crippen LogP contribution is -2.30. The molecule has 2 aromatic heterocycles. The molecule has 1 saturated carbocycles. The van der Waals surface area contributed by atoms with Gasteiger partial charge in [0.25, 0.3) is 0 Å². The van der Waals surface area contributed by atoms with Crippen molar-refractivity contribution in [1.82, 2.24) is 14.6 Å². The quantitative estimate of drug-likeness (QED) is 0.632. The van der Waals surface area contributed by atoms with Crippen LogP contribution in [-0.2, 0) is 0 Å². The smallest absolute Gasteiger partial charge is 0.423 e. The second kappa shape index (κ2) is 3.05. The van der Waals surface area contributed by atoms with Crippen LogP contribution in [-0.4, -0.2) is 31.8 Å². The molecule has 1 fully saturated rings. The Labute approximate surface area is 86.5 Å². The summed E-state index contributed by atoms with van der Waals surface area (Å²) >= 11 is 0. The summed E-state index contributed by atoms with van der Waals surface area (Å²) in [6, 6.07) is 3.39. The van der Waals surface area contributed by atoms with E-state index in [1.807, 2.05) is 4.40 Å². The van der Waals surface area contributed by atoms with Gasteiger partial charge in [-0.25, -0.2) is 0 Å². The summed E-state index contributed by atoms with van der Waals surface area (Å²) in [4.78, 5) is 0. The molecule has 3 rings (SSSR count). The highest BCUT2D eigenvalue weighted by atomic mass is 16.4. The van der Waals surface area contributed by atoms with Gasteiger partial charge in [0.05, 0.1) is 0 Å². The van der Waals surface area contributed by atoms with Crippen molar-refractivity contribution >= 4 is 18.2 Å². The number of aromatic nitrogens is 3. The van der Waals surface area contributed by atoms with E-state index in [9.17, 15) is 0 Å². The van der Waals surface area contributed by atoms with Gasteiger partial charge in [0, 0.05) is 12.1 Å². The molecule has 15 heavy (non-hydrogen) atoms. The zero-order valence-corrected chi connectivity index (χ0v) is 8.04. The molecular formula is C9H10BN3O2. The number of pyridine rings is 1. The molecule has 76 valence electrons. The lowest BCUT2D eigenvalue weighted by atomic mass is 9.82. The van der Waals surface area contributed by atoms with Crippen LogP contribution in [0.2, 0.25) is 0 Å². The van der Waals surface area contributed by atoms with E-state index in [2.05, 4.69) is 10.2 Å². The third kappa shape index (κ3) is 1.42. The maximum atomic E-state index is 9.07. The van der Waals surface area contributed by atoms with Gasteiger partial charge in [-0.1, -0.05) is 6.07 Å². The lowest BCUT2D eigenvalue weighted by molar-refractivity contribution is 0.425. The van der Waals surface area contributed by atoms with Crippen molar-refractivity contribution in [3.05, 3.63) is 24.2 Å². The molecule has 0 atom stereocenters. The van der Waals surface area contributed by atoms with E-state index in [1.165, 1.54) is 0 Å². The van der Waals surface area contributed by atoms with Crippen LogP contribution in [0.1, 0.15) is 24.6 Å². The van der Waals surface area contributed by atoms with Crippen molar-refractivity contribution in [2.24, 2.45) is 0 Å². The lowest BCUT2D eigenvalue weighted by Gasteiger charge is -2.01. The zero-order chi connectivity index (χ0) is 10.4. The Morgan fingerprint density at radius 2 is 2.07 bits per heavy atom. The summed E-state index contributed by atoms with van der Waals surface area (Å²) in [6.07, 6.45) is 3.98. The maximum absolute atomic E-state index is 9.07. The molecule has 0 spiro atoms. The van der Waals surface area contributed by atoms with Crippen LogP contribution in [0.15, 0.2) is 18.3 Å². The fourth-order valence-electron chi connectivity index (χ4n) is 1.70. The maximum Gasteiger partial charge on any atom is 0.489 e. The van der Waals surface area contributed by atoms with Crippen LogP contribution in [0.25, 0.3) is 5.65 Å². The highest BCUT2D eigenvalue weighted by Crippen LogP contribution is 2.38. The zero-order valence-electron chi connectivity index (χ0n) is 8.04. The average Bonchev–Trinajstić information content (AvgIpc) is 2.98. The molecule has 5 nitrogen and oxygen atoms in total. The number of nitrogens with zero attached hydrogens (tertiary/aromatic N) is 3. The highest BCUT2D eigenvalue weighted by Gasteiger charge is 2.28. The van der Waals surface area contributed by atoms with E-state index < -0.39 is 7.12 Å². The predicted octanol–water partition coefficient (Wildman–Crippen LogP) is -0.714. The Hall–Kier alpha value is -1.40. The normalized spacial score (nSPS) is 15.9. The topological polar surface area (TPSA) is 70.7 Å². The Bertz CT molecular complexity index is 507. The van der Waals surface area contributed by atoms with Gasteiger partial charge in [0.2, 0.25) is 0 Å². The van der Waals surface area contributed by atoms with Gasteiger partial charge >= 0.3 is 7.12 Å². The van der Waals surface area contributed by atoms with Crippen LogP contribution >= 0.6 is 0 Å². The van der Waals surface area contributed by atoms with E-state index in [4.69, 9.17) is 10.0 Å². The van der Waals surface area contributed by atoms with Gasteiger partial charge in [-0.3, -0.25) is 4.40 Å². The summed E-state index contributed by atoms with van der Waals surface area (Å²) in [5.41, 5.74) is 1.21. The molecule has 1 aliphatic carbocycles. The van der Waals surface area contributed by atoms with E-state index in [1.54, 1.807) is 18.3 Å². The monoisotopic (exact) mass is 203 g/mol. The van der Waals surface area contributed by atoms with Gasteiger partial charge in [0.1, 0.15) is 5.82 Å². The molecule has 1 aliphatic rings. The average molecular weight is 203 g/mol. The number of fused-ring (bicyclic) bond motifs is 1. The third-order valence-corrected chi connectivity index (χ3v) is 2.69. The van der Waals surface area contributed by atoms with Crippen molar-refractivity contribution in [3.8, 4) is 0 Å². The molecule has 0 bridgehead atoms. The van der Waals surface area contributed by atoms with Crippen LogP contribution < -0.4 is 5.46 Å². The van der Waals surface area contributed by atoms with Gasteiger partial charge < -0.3 is 10.0 Å². The van der Waals surface area contributed by atoms with Crippen molar-refractivity contribution in [1.29, 1.82) is 0 Å². The molecule has 0 amide bonds. The second-order valence-electron chi connectivity index (χ2n) is 3.90. The molecule has 2 N–H and O–H groups in total. The SMILES string of the molecule is OB(O)c1ccc2nnc(C3CC3)n2c1. The second-order valence-corrected chi connectivity index (χ2v) is 3.90. The molecule has 2 heterocycles. The van der Waals surface area contributed by atoms with Crippen LogP contribution in [0.4, 0.5) is 0 Å². The number of rotatable bonds is 2. The summed E-state index contributed by atoms with van der Waals surface area (Å²) in [5, 5.41) is 26.3. The minimum absolute atomic E-state index is 0.462. The minimum atomic E-state index is -1.44. The van der Waals surface area contributed by atoms with Crippen molar-refractivity contribution < 1.29 is 10.0 Å². The molecule has 0 radical (unpaired) electrons. The highest BCUT2D eigenvalue weighted by molar-refractivity contribution is 6.58. The van der Waals surface area contributed by atoms with Gasteiger partial charge in [-0.15, -0.1) is 10.2 Å². The summed E-state index contributed by atoms with van der Waals surface area (Å²) < 4.78 is 1.84. The van der Waals surface area contributed by atoms with E-state index >= 15 is 0 Å². The van der Waals surface area contributed by atoms with Gasteiger partial charge in [0.15, 0.2) is 5.65 Å². The molecule has 0 aliphatic heterocycles. The number of hydrogen-bond acceptors (Lipinski definition) is 4. The first-order valence-electron chi connectivity index (χ1n) is 4.96. The van der Waals surface area contributed by atoms with Crippen LogP contribution in [0.5, 0.6) is 0 Å². The van der Waals surface area contributed by atoms with Gasteiger partial charge in [-0.2, -0.15) is 0 Å². The van der Waals surface area contributed by atoms with E-state index in [-0.39, 0.29) is 0 Å². The molecule has 0 aromatic carbocycles. The van der Waals surface area contributed by atoms with E-state index in [0.717, 1.165) is 24.3 Å². The Balaban J connectivity index is 2.17. The third-order valence-electron chi connectivity index (χ3n) is 2.69. The largest absolute Gasteiger partial charge is 0.489 e. The molecule has 0 saturated heterocycles. The fraction of sp³-hybridized carbons (Fsp3) is 0.333. The Morgan fingerprint density at radius 1 is 1.27 bits per heavy atom. The summed E-state index contributed by atoms with van der Waals surface area (Å²) in [6.45, 7) is 0. The standard InChI is InChI=1S/C9H10BN3O2/c14-10(15)7-3-4-8-11-12-9(6-1-2-6)13(8)5-7/h3-6,14-15H,1-2H2. The van der Waals surface area contributed by atoms with Crippen molar-refractivity contribution in [2.75, 3.05) is 0 Å². The van der Waals surface area contributed by atoms with Crippen LogP contribution in [0, 0.1) is 0 Å². The van der Waals surface area contributed by atoms with Crippen molar-refractivity contribution in [3.63, 3.8) is 0 Å². The molecule has 0 unspecified atom stereocenters. The summed E-state index contributed by atoms with van der Waals surface area (Å²) in [5.74, 6) is 1.42. The van der Waals surface area contributed by atoms with Gasteiger partial charge in [-0.05, 0) is 24.4 Å². The first-order chi connectivity index (χ1) is 7.25. The van der Waals surface area contributed by atoms with Crippen LogP contribution in [0.3, 0.4) is 0 Å². The first kappa shape index (κ1) is 8.88. The Kier molecular flexibility index (Phi) is 1.80. The predicted molar refractivity (Wildman–Crippen MR) is 54.8 cm³/mol. The molecular weight excluding hydrogens is 193 g/mol. The molecule has 2 aromatic rings. The minimum Gasteiger partial charge on any atom is -0.423 e. The van der Waals surface area contributed by atoms with E-state index in [0.29, 0.717) is 11.4 Å².